The molecule has 2 rings (SSSR count). The lowest BCUT2D eigenvalue weighted by molar-refractivity contribution is -0.114. The van der Waals surface area contributed by atoms with E-state index in [0.29, 0.717) is 11.3 Å². The molecule has 1 aliphatic rings. The zero-order chi connectivity index (χ0) is 13.7. The number of anilines is 1. The molecular formula is C14H20ClN3O2. The van der Waals surface area contributed by atoms with Crippen LogP contribution in [-0.2, 0) is 4.79 Å². The highest BCUT2D eigenvalue weighted by molar-refractivity contribution is 6.04. The summed E-state index contributed by atoms with van der Waals surface area (Å²) in [6.07, 6.45) is 3.27. The van der Waals surface area contributed by atoms with Crippen LogP contribution in [0.4, 0.5) is 5.69 Å². The van der Waals surface area contributed by atoms with Gasteiger partial charge in [0.15, 0.2) is 0 Å². The number of para-hydroxylation sites is 1. The van der Waals surface area contributed by atoms with Gasteiger partial charge in [-0.1, -0.05) is 12.1 Å². The van der Waals surface area contributed by atoms with Crippen LogP contribution in [0.3, 0.4) is 0 Å². The average Bonchev–Trinajstić information content (AvgIpc) is 2.48. The minimum Gasteiger partial charge on any atom is -0.339 e. The van der Waals surface area contributed by atoms with Crippen LogP contribution >= 0.6 is 12.4 Å². The van der Waals surface area contributed by atoms with Crippen LogP contribution < -0.4 is 11.1 Å². The highest BCUT2D eigenvalue weighted by Gasteiger charge is 2.20. The van der Waals surface area contributed by atoms with Crippen molar-refractivity contribution >= 4 is 29.9 Å². The second kappa shape index (κ2) is 7.87. The number of nitrogens with two attached hydrogens (primary N) is 1. The molecule has 1 aromatic carbocycles. The van der Waals surface area contributed by atoms with E-state index in [1.165, 1.54) is 6.42 Å². The number of nitrogens with zero attached hydrogens (tertiary/aromatic N) is 1. The number of likely N-dealkylation sites (tertiary alicyclic amines) is 1. The smallest absolute Gasteiger partial charge is 0.255 e. The molecule has 0 spiro atoms. The van der Waals surface area contributed by atoms with Gasteiger partial charge >= 0.3 is 0 Å². The van der Waals surface area contributed by atoms with Crippen LogP contribution in [0.1, 0.15) is 29.6 Å². The summed E-state index contributed by atoms with van der Waals surface area (Å²) in [5.74, 6) is -0.313. The number of carbonyl (C=O) groups is 2. The lowest BCUT2D eigenvalue weighted by atomic mass is 10.1. The fourth-order valence-corrected chi connectivity index (χ4v) is 2.25. The maximum absolute atomic E-state index is 12.4. The molecule has 1 heterocycles. The van der Waals surface area contributed by atoms with Crippen molar-refractivity contribution in [2.75, 3.05) is 25.0 Å². The third-order valence-electron chi connectivity index (χ3n) is 3.26. The first-order chi connectivity index (χ1) is 9.22. The monoisotopic (exact) mass is 297 g/mol. The second-order valence-electron chi connectivity index (χ2n) is 4.65. The predicted molar refractivity (Wildman–Crippen MR) is 81.1 cm³/mol. The molecule has 20 heavy (non-hydrogen) atoms. The van der Waals surface area contributed by atoms with E-state index < -0.39 is 0 Å². The largest absolute Gasteiger partial charge is 0.339 e. The molecule has 0 atom stereocenters. The van der Waals surface area contributed by atoms with E-state index in [4.69, 9.17) is 5.73 Å². The maximum atomic E-state index is 12.4. The van der Waals surface area contributed by atoms with E-state index in [9.17, 15) is 9.59 Å². The lowest BCUT2D eigenvalue weighted by Gasteiger charge is -2.27. The van der Waals surface area contributed by atoms with E-state index >= 15 is 0 Å². The number of benzene rings is 1. The minimum absolute atomic E-state index is 0. The normalized spacial score (nSPS) is 14.3. The van der Waals surface area contributed by atoms with Gasteiger partial charge in [0.05, 0.1) is 17.8 Å². The fourth-order valence-electron chi connectivity index (χ4n) is 2.25. The summed E-state index contributed by atoms with van der Waals surface area (Å²) >= 11 is 0. The van der Waals surface area contributed by atoms with Gasteiger partial charge in [-0.15, -0.1) is 12.4 Å². The Kier molecular flexibility index (Phi) is 6.48. The van der Waals surface area contributed by atoms with Gasteiger partial charge in [0, 0.05) is 13.1 Å². The van der Waals surface area contributed by atoms with Crippen molar-refractivity contribution in [1.29, 1.82) is 0 Å². The number of halogens is 1. The Hall–Kier alpha value is -1.59. The first-order valence-electron chi connectivity index (χ1n) is 6.60. The number of carbonyl (C=O) groups excluding carboxylic acids is 2. The van der Waals surface area contributed by atoms with Crippen LogP contribution in [0, 0.1) is 0 Å². The van der Waals surface area contributed by atoms with Crippen LogP contribution in [0.15, 0.2) is 24.3 Å². The summed E-state index contributed by atoms with van der Waals surface area (Å²) < 4.78 is 0. The van der Waals surface area contributed by atoms with Crippen molar-refractivity contribution in [2.24, 2.45) is 5.73 Å². The van der Waals surface area contributed by atoms with Gasteiger partial charge < -0.3 is 16.0 Å². The number of piperidine rings is 1. The summed E-state index contributed by atoms with van der Waals surface area (Å²) in [5.41, 5.74) is 6.35. The molecular weight excluding hydrogens is 278 g/mol. The summed E-state index contributed by atoms with van der Waals surface area (Å²) in [4.78, 5) is 25.6. The second-order valence-corrected chi connectivity index (χ2v) is 4.65. The quantitative estimate of drug-likeness (QED) is 0.890. The van der Waals surface area contributed by atoms with Gasteiger partial charge in [0.25, 0.3) is 5.91 Å². The van der Waals surface area contributed by atoms with E-state index in [1.807, 2.05) is 4.90 Å². The molecule has 0 unspecified atom stereocenters. The molecule has 0 saturated carbocycles. The molecule has 0 aliphatic carbocycles. The topological polar surface area (TPSA) is 75.4 Å². The molecule has 1 saturated heterocycles. The highest BCUT2D eigenvalue weighted by atomic mass is 35.5. The van der Waals surface area contributed by atoms with Gasteiger partial charge in [-0.2, -0.15) is 0 Å². The Morgan fingerprint density at radius 2 is 1.80 bits per heavy atom. The number of hydrogen-bond donors (Lipinski definition) is 2. The summed E-state index contributed by atoms with van der Waals surface area (Å²) in [6, 6.07) is 7.06. The van der Waals surface area contributed by atoms with Gasteiger partial charge in [-0.05, 0) is 31.4 Å². The van der Waals surface area contributed by atoms with Crippen molar-refractivity contribution in [2.45, 2.75) is 19.3 Å². The molecule has 1 aromatic rings. The zero-order valence-corrected chi connectivity index (χ0v) is 12.1. The Labute approximate surface area is 124 Å². The van der Waals surface area contributed by atoms with E-state index in [2.05, 4.69) is 5.32 Å². The van der Waals surface area contributed by atoms with Crippen molar-refractivity contribution in [3.8, 4) is 0 Å². The van der Waals surface area contributed by atoms with Gasteiger partial charge in [0.1, 0.15) is 0 Å². The molecule has 0 radical (unpaired) electrons. The summed E-state index contributed by atoms with van der Waals surface area (Å²) in [5, 5.41) is 2.67. The van der Waals surface area contributed by atoms with Crippen molar-refractivity contribution in [3.63, 3.8) is 0 Å². The summed E-state index contributed by atoms with van der Waals surface area (Å²) in [6.45, 7) is 1.49. The SMILES string of the molecule is Cl.NCC(=O)Nc1ccccc1C(=O)N1CCCCC1. The van der Waals surface area contributed by atoms with Gasteiger partial charge in [-0.3, -0.25) is 9.59 Å². The minimum atomic E-state index is -0.293. The molecule has 2 amide bonds. The van der Waals surface area contributed by atoms with Crippen molar-refractivity contribution in [3.05, 3.63) is 29.8 Å². The van der Waals surface area contributed by atoms with E-state index in [0.717, 1.165) is 25.9 Å². The third-order valence-corrected chi connectivity index (χ3v) is 3.26. The number of amides is 2. The number of hydrogen-bond acceptors (Lipinski definition) is 3. The fraction of sp³-hybridized carbons (Fsp3) is 0.429. The first kappa shape index (κ1) is 16.5. The van der Waals surface area contributed by atoms with Crippen LogP contribution in [0.2, 0.25) is 0 Å². The molecule has 6 heteroatoms. The molecule has 1 aliphatic heterocycles. The highest BCUT2D eigenvalue weighted by Crippen LogP contribution is 2.19. The van der Waals surface area contributed by atoms with E-state index in [-0.39, 0.29) is 30.8 Å². The standard InChI is InChI=1S/C14H19N3O2.ClH/c15-10-13(18)16-12-7-3-2-6-11(12)14(19)17-8-4-1-5-9-17;/h2-3,6-7H,1,4-5,8-10,15H2,(H,16,18);1H. The molecule has 1 fully saturated rings. The lowest BCUT2D eigenvalue weighted by Crippen LogP contribution is -2.36. The van der Waals surface area contributed by atoms with Crippen molar-refractivity contribution in [1.82, 2.24) is 4.90 Å². The molecule has 3 N–H and O–H groups in total. The van der Waals surface area contributed by atoms with Crippen molar-refractivity contribution < 1.29 is 9.59 Å². The van der Waals surface area contributed by atoms with Gasteiger partial charge in [-0.25, -0.2) is 0 Å². The zero-order valence-electron chi connectivity index (χ0n) is 11.3. The third kappa shape index (κ3) is 3.95. The molecule has 110 valence electrons. The number of nitrogens with one attached hydrogen (secondary N) is 1. The van der Waals surface area contributed by atoms with Crippen LogP contribution in [-0.4, -0.2) is 36.3 Å². The summed E-state index contributed by atoms with van der Waals surface area (Å²) in [7, 11) is 0. The molecule has 0 aromatic heterocycles. The van der Waals surface area contributed by atoms with Gasteiger partial charge in [0.2, 0.25) is 5.91 Å². The predicted octanol–water partition coefficient (Wildman–Crippen LogP) is 1.63. The Morgan fingerprint density at radius 1 is 1.15 bits per heavy atom. The Bertz CT molecular complexity index is 473. The van der Waals surface area contributed by atoms with Crippen LogP contribution in [0.5, 0.6) is 0 Å². The Morgan fingerprint density at radius 3 is 2.45 bits per heavy atom. The van der Waals surface area contributed by atoms with Crippen LogP contribution in [0.25, 0.3) is 0 Å². The molecule has 0 bridgehead atoms. The Balaban J connectivity index is 0.00000200. The first-order valence-corrected chi connectivity index (χ1v) is 6.60. The average molecular weight is 298 g/mol. The maximum Gasteiger partial charge on any atom is 0.255 e. The number of rotatable bonds is 3. The molecule has 5 nitrogen and oxygen atoms in total. The van der Waals surface area contributed by atoms with E-state index in [1.54, 1.807) is 24.3 Å².